The number of carbonyl (C=O) groups is 2. The lowest BCUT2D eigenvalue weighted by Gasteiger charge is -2.21. The summed E-state index contributed by atoms with van der Waals surface area (Å²) >= 11 is 0. The lowest BCUT2D eigenvalue weighted by atomic mass is 10.1. The van der Waals surface area contributed by atoms with Crippen LogP contribution in [0.15, 0.2) is 42.6 Å². The Bertz CT molecular complexity index is 681. The largest absolute Gasteiger partial charge is 0.481 e. The molecule has 1 aromatic carbocycles. The number of aliphatic carboxylic acids is 1. The third-order valence-corrected chi connectivity index (χ3v) is 3.27. The normalized spacial score (nSPS) is 10.3. The van der Waals surface area contributed by atoms with Crippen LogP contribution in [0, 0.1) is 13.8 Å². The molecule has 114 valence electrons. The highest BCUT2D eigenvalue weighted by molar-refractivity contribution is 6.05. The number of aromatic nitrogens is 1. The molecule has 5 nitrogen and oxygen atoms in total. The highest BCUT2D eigenvalue weighted by Gasteiger charge is 2.19. The first kappa shape index (κ1) is 15.7. The van der Waals surface area contributed by atoms with Crippen molar-refractivity contribution in [3.63, 3.8) is 0 Å². The van der Waals surface area contributed by atoms with Gasteiger partial charge >= 0.3 is 5.97 Å². The molecule has 22 heavy (non-hydrogen) atoms. The predicted octanol–water partition coefficient (Wildman–Crippen LogP) is 2.82. The molecule has 2 rings (SSSR count). The van der Waals surface area contributed by atoms with Crippen molar-refractivity contribution in [2.45, 2.75) is 20.3 Å². The van der Waals surface area contributed by atoms with Gasteiger partial charge in [-0.15, -0.1) is 0 Å². The molecule has 0 bridgehead atoms. The molecule has 0 aliphatic carbocycles. The lowest BCUT2D eigenvalue weighted by molar-refractivity contribution is -0.136. The van der Waals surface area contributed by atoms with E-state index in [0.717, 1.165) is 11.1 Å². The summed E-state index contributed by atoms with van der Waals surface area (Å²) in [6.07, 6.45) is 1.48. The van der Waals surface area contributed by atoms with Gasteiger partial charge in [-0.05, 0) is 43.7 Å². The first-order valence-corrected chi connectivity index (χ1v) is 7.00. The number of anilines is 1. The highest BCUT2D eigenvalue weighted by atomic mass is 16.4. The van der Waals surface area contributed by atoms with Crippen molar-refractivity contribution in [2.24, 2.45) is 0 Å². The minimum Gasteiger partial charge on any atom is -0.481 e. The standard InChI is InChI=1S/C17H18N2O3/c1-12-3-5-14(6-4-12)17(22)19(10-8-16(20)21)15-11-13(2)7-9-18-15/h3-7,9,11H,8,10H2,1-2H3,(H,20,21). The fourth-order valence-corrected chi connectivity index (χ4v) is 2.05. The number of carbonyl (C=O) groups excluding carboxylic acids is 1. The van der Waals surface area contributed by atoms with Gasteiger partial charge in [0.2, 0.25) is 0 Å². The van der Waals surface area contributed by atoms with Crippen molar-refractivity contribution in [2.75, 3.05) is 11.4 Å². The Labute approximate surface area is 129 Å². The van der Waals surface area contributed by atoms with Gasteiger partial charge in [0.1, 0.15) is 5.82 Å². The Morgan fingerprint density at radius 1 is 1.09 bits per heavy atom. The summed E-state index contributed by atoms with van der Waals surface area (Å²) < 4.78 is 0. The van der Waals surface area contributed by atoms with Crippen molar-refractivity contribution in [1.82, 2.24) is 4.98 Å². The van der Waals surface area contributed by atoms with Crippen molar-refractivity contribution in [3.8, 4) is 0 Å². The quantitative estimate of drug-likeness (QED) is 0.921. The highest BCUT2D eigenvalue weighted by Crippen LogP contribution is 2.17. The molecule has 0 saturated carbocycles. The third-order valence-electron chi connectivity index (χ3n) is 3.27. The zero-order chi connectivity index (χ0) is 16.1. The Kier molecular flexibility index (Phi) is 4.88. The van der Waals surface area contributed by atoms with E-state index in [1.807, 2.05) is 32.0 Å². The fraction of sp³-hybridized carbons (Fsp3) is 0.235. The van der Waals surface area contributed by atoms with E-state index in [4.69, 9.17) is 5.11 Å². The van der Waals surface area contributed by atoms with Crippen LogP contribution < -0.4 is 4.90 Å². The maximum atomic E-state index is 12.7. The van der Waals surface area contributed by atoms with E-state index in [1.54, 1.807) is 24.4 Å². The van der Waals surface area contributed by atoms with Gasteiger partial charge in [0.05, 0.1) is 6.42 Å². The van der Waals surface area contributed by atoms with Gasteiger partial charge in [-0.2, -0.15) is 0 Å². The second-order valence-electron chi connectivity index (χ2n) is 5.16. The molecule has 0 aliphatic rings. The molecule has 1 aromatic heterocycles. The number of carboxylic acids is 1. The number of amides is 1. The maximum absolute atomic E-state index is 12.7. The average molecular weight is 298 g/mol. The number of benzene rings is 1. The van der Waals surface area contributed by atoms with E-state index in [-0.39, 0.29) is 18.9 Å². The first-order valence-electron chi connectivity index (χ1n) is 7.00. The minimum absolute atomic E-state index is 0.0818. The number of rotatable bonds is 5. The molecule has 0 spiro atoms. The van der Waals surface area contributed by atoms with Crippen molar-refractivity contribution in [1.29, 1.82) is 0 Å². The van der Waals surface area contributed by atoms with Gasteiger partial charge in [0, 0.05) is 18.3 Å². The molecule has 0 radical (unpaired) electrons. The van der Waals surface area contributed by atoms with E-state index in [1.165, 1.54) is 4.90 Å². The number of pyridine rings is 1. The summed E-state index contributed by atoms with van der Waals surface area (Å²) in [4.78, 5) is 29.1. The SMILES string of the molecule is Cc1ccc(C(=O)N(CCC(=O)O)c2cc(C)ccn2)cc1. The maximum Gasteiger partial charge on any atom is 0.305 e. The molecule has 0 saturated heterocycles. The monoisotopic (exact) mass is 298 g/mol. The Balaban J connectivity index is 2.32. The number of hydrogen-bond donors (Lipinski definition) is 1. The predicted molar refractivity (Wildman–Crippen MR) is 84.1 cm³/mol. The molecule has 5 heteroatoms. The fourth-order valence-electron chi connectivity index (χ4n) is 2.05. The van der Waals surface area contributed by atoms with Gasteiger partial charge in [0.25, 0.3) is 5.91 Å². The number of hydrogen-bond acceptors (Lipinski definition) is 3. The van der Waals surface area contributed by atoms with Gasteiger partial charge in [-0.25, -0.2) is 4.98 Å². The summed E-state index contributed by atoms with van der Waals surface area (Å²) in [5.74, 6) is -0.736. The van der Waals surface area contributed by atoms with E-state index >= 15 is 0 Å². The second kappa shape index (κ2) is 6.85. The summed E-state index contributed by atoms with van der Waals surface area (Å²) in [7, 11) is 0. The molecule has 0 aliphatic heterocycles. The van der Waals surface area contributed by atoms with Crippen LogP contribution in [-0.2, 0) is 4.79 Å². The lowest BCUT2D eigenvalue weighted by Crippen LogP contribution is -2.33. The number of carboxylic acid groups (broad SMARTS) is 1. The molecule has 0 unspecified atom stereocenters. The zero-order valence-electron chi connectivity index (χ0n) is 12.6. The second-order valence-corrected chi connectivity index (χ2v) is 5.16. The van der Waals surface area contributed by atoms with Gasteiger partial charge in [-0.3, -0.25) is 14.5 Å². The summed E-state index contributed by atoms with van der Waals surface area (Å²) in [6, 6.07) is 10.8. The molecule has 1 amide bonds. The third kappa shape index (κ3) is 3.91. The van der Waals surface area contributed by atoms with Crippen LogP contribution in [0.4, 0.5) is 5.82 Å². The van der Waals surface area contributed by atoms with E-state index in [2.05, 4.69) is 4.98 Å². The van der Waals surface area contributed by atoms with Crippen LogP contribution in [0.5, 0.6) is 0 Å². The van der Waals surface area contributed by atoms with Gasteiger partial charge in [-0.1, -0.05) is 17.7 Å². The van der Waals surface area contributed by atoms with Crippen LogP contribution >= 0.6 is 0 Å². The van der Waals surface area contributed by atoms with E-state index in [9.17, 15) is 9.59 Å². The molecular weight excluding hydrogens is 280 g/mol. The summed E-state index contributed by atoms with van der Waals surface area (Å²) in [5.41, 5.74) is 2.53. The van der Waals surface area contributed by atoms with E-state index < -0.39 is 5.97 Å². The Morgan fingerprint density at radius 3 is 2.36 bits per heavy atom. The van der Waals surface area contributed by atoms with Crippen LogP contribution in [-0.4, -0.2) is 28.5 Å². The average Bonchev–Trinajstić information content (AvgIpc) is 2.48. The first-order chi connectivity index (χ1) is 10.5. The molecular formula is C17H18N2O3. The molecule has 0 atom stereocenters. The summed E-state index contributed by atoms with van der Waals surface area (Å²) in [6.45, 7) is 3.92. The van der Waals surface area contributed by atoms with Crippen molar-refractivity contribution in [3.05, 3.63) is 59.3 Å². The van der Waals surface area contributed by atoms with Crippen LogP contribution in [0.2, 0.25) is 0 Å². The Morgan fingerprint density at radius 2 is 1.77 bits per heavy atom. The molecule has 1 N–H and O–H groups in total. The molecule has 1 heterocycles. The van der Waals surface area contributed by atoms with Gasteiger partial charge < -0.3 is 5.11 Å². The van der Waals surface area contributed by atoms with Crippen molar-refractivity contribution >= 4 is 17.7 Å². The minimum atomic E-state index is -0.950. The smallest absolute Gasteiger partial charge is 0.305 e. The zero-order valence-corrected chi connectivity index (χ0v) is 12.6. The Hall–Kier alpha value is -2.69. The molecule has 0 fully saturated rings. The van der Waals surface area contributed by atoms with Gasteiger partial charge in [0.15, 0.2) is 0 Å². The van der Waals surface area contributed by atoms with Crippen LogP contribution in [0.1, 0.15) is 27.9 Å². The topological polar surface area (TPSA) is 70.5 Å². The summed E-state index contributed by atoms with van der Waals surface area (Å²) in [5, 5.41) is 8.89. The van der Waals surface area contributed by atoms with Crippen LogP contribution in [0.25, 0.3) is 0 Å². The van der Waals surface area contributed by atoms with E-state index in [0.29, 0.717) is 11.4 Å². The van der Waals surface area contributed by atoms with Crippen molar-refractivity contribution < 1.29 is 14.7 Å². The number of nitrogens with zero attached hydrogens (tertiary/aromatic N) is 2. The molecule has 2 aromatic rings. The number of aryl methyl sites for hydroxylation is 2. The van der Waals surface area contributed by atoms with Crippen LogP contribution in [0.3, 0.4) is 0 Å².